The molecule has 0 saturated carbocycles. The van der Waals surface area contributed by atoms with Crippen molar-refractivity contribution in [1.82, 2.24) is 5.32 Å². The summed E-state index contributed by atoms with van der Waals surface area (Å²) >= 11 is 0. The lowest BCUT2D eigenvalue weighted by atomic mass is 10.0. The normalized spacial score (nSPS) is 13.7. The fourth-order valence-electron chi connectivity index (χ4n) is 11.8. The molecule has 0 aliphatic rings. The highest BCUT2D eigenvalue weighted by molar-refractivity contribution is 7.47. The maximum atomic E-state index is 13.1. The smallest absolute Gasteiger partial charge is 0.387 e. The molecular weight excluding hydrogens is 1060 g/mol. The maximum Gasteiger partial charge on any atom is 0.472 e. The van der Waals surface area contributed by atoms with Gasteiger partial charge in [0.1, 0.15) is 13.2 Å². The van der Waals surface area contributed by atoms with Crippen LogP contribution in [0, 0.1) is 0 Å². The number of aliphatic hydroxyl groups is 1. The Morgan fingerprint density at radius 1 is 0.393 bits per heavy atom. The van der Waals surface area contributed by atoms with Crippen LogP contribution in [0.1, 0.15) is 399 Å². The van der Waals surface area contributed by atoms with Crippen molar-refractivity contribution in [3.05, 3.63) is 24.3 Å². The first-order valence-electron chi connectivity index (χ1n) is 37.7. The van der Waals surface area contributed by atoms with E-state index < -0.39 is 20.0 Å². The summed E-state index contributed by atoms with van der Waals surface area (Å²) < 4.78 is 23.8. The van der Waals surface area contributed by atoms with E-state index in [1.165, 1.54) is 340 Å². The molecule has 0 radical (unpaired) electrons. The topological polar surface area (TPSA) is 105 Å². The molecule has 0 heterocycles. The van der Waals surface area contributed by atoms with Gasteiger partial charge in [-0.1, -0.05) is 385 Å². The Hall–Kier alpha value is -1.02. The Bertz CT molecular complexity index is 1420. The van der Waals surface area contributed by atoms with Crippen molar-refractivity contribution < 1.29 is 32.9 Å². The van der Waals surface area contributed by atoms with Crippen molar-refractivity contribution in [3.8, 4) is 0 Å². The van der Waals surface area contributed by atoms with E-state index >= 15 is 0 Å². The third kappa shape index (κ3) is 68.5. The van der Waals surface area contributed by atoms with Gasteiger partial charge in [0, 0.05) is 6.42 Å². The van der Waals surface area contributed by atoms with Crippen LogP contribution in [0.4, 0.5) is 0 Å². The summed E-state index contributed by atoms with van der Waals surface area (Å²) in [4.78, 5) is 23.4. The number of hydrogen-bond donors (Lipinski definition) is 3. The monoisotopic (exact) mass is 1210 g/mol. The Labute approximate surface area is 525 Å². The fraction of sp³-hybridized carbons (Fsp3) is 0.933. The van der Waals surface area contributed by atoms with Crippen LogP contribution >= 0.6 is 7.82 Å². The molecule has 9 heteroatoms. The van der Waals surface area contributed by atoms with Crippen LogP contribution < -0.4 is 5.32 Å². The molecule has 0 aliphatic carbocycles. The second-order valence-corrected chi connectivity index (χ2v) is 28.8. The molecule has 0 rings (SSSR count). The molecule has 0 aromatic heterocycles. The molecule has 0 aromatic carbocycles. The van der Waals surface area contributed by atoms with Crippen LogP contribution in [0.25, 0.3) is 0 Å². The number of hydrogen-bond acceptors (Lipinski definition) is 5. The summed E-state index contributed by atoms with van der Waals surface area (Å²) in [7, 11) is 1.58. The molecule has 0 fully saturated rings. The van der Waals surface area contributed by atoms with Gasteiger partial charge in [0.05, 0.1) is 39.9 Å². The van der Waals surface area contributed by atoms with E-state index in [2.05, 4.69) is 31.3 Å². The highest BCUT2D eigenvalue weighted by atomic mass is 31.2. The number of carbonyl (C=O) groups excluding carboxylic acids is 1. The molecule has 0 aromatic rings. The van der Waals surface area contributed by atoms with Crippen molar-refractivity contribution in [3.63, 3.8) is 0 Å². The summed E-state index contributed by atoms with van der Waals surface area (Å²) in [5, 5.41) is 14.0. The Morgan fingerprint density at radius 2 is 0.655 bits per heavy atom. The zero-order chi connectivity index (χ0) is 61.2. The first-order chi connectivity index (χ1) is 41.0. The second kappa shape index (κ2) is 66.4. The second-order valence-electron chi connectivity index (χ2n) is 27.4. The SMILES string of the molecule is CCCCCCCCCCCCCCCCCCCCCCCCC/C=C/CC/C=C/C(O)C(COP(=O)(O)OCC[N+](C)(C)C)NC(=O)CCCCCCCCCCCCCCCCCCCCCCCCCCCCCCCCCCC. The third-order valence-corrected chi connectivity index (χ3v) is 18.7. The number of nitrogens with one attached hydrogen (secondary N) is 1. The highest BCUT2D eigenvalue weighted by Crippen LogP contribution is 2.43. The van der Waals surface area contributed by atoms with E-state index in [4.69, 9.17) is 9.05 Å². The van der Waals surface area contributed by atoms with Crippen molar-refractivity contribution in [1.29, 1.82) is 0 Å². The number of quaternary nitrogens is 1. The zero-order valence-electron chi connectivity index (χ0n) is 57.4. The van der Waals surface area contributed by atoms with E-state index in [-0.39, 0.29) is 19.1 Å². The van der Waals surface area contributed by atoms with Crippen molar-refractivity contribution in [2.45, 2.75) is 411 Å². The van der Waals surface area contributed by atoms with Crippen molar-refractivity contribution in [2.75, 3.05) is 40.9 Å². The minimum Gasteiger partial charge on any atom is -0.387 e. The number of rotatable bonds is 71. The minimum atomic E-state index is -4.36. The average molecular weight is 1210 g/mol. The minimum absolute atomic E-state index is 0.0592. The van der Waals surface area contributed by atoms with Gasteiger partial charge >= 0.3 is 7.82 Å². The van der Waals surface area contributed by atoms with E-state index in [0.29, 0.717) is 17.4 Å². The molecule has 500 valence electrons. The van der Waals surface area contributed by atoms with Crippen molar-refractivity contribution >= 4 is 13.7 Å². The summed E-state index contributed by atoms with van der Waals surface area (Å²) in [6.07, 6.45) is 87.9. The average Bonchev–Trinajstić information content (AvgIpc) is 3.56. The van der Waals surface area contributed by atoms with Crippen molar-refractivity contribution in [2.24, 2.45) is 0 Å². The molecule has 3 N–H and O–H groups in total. The zero-order valence-corrected chi connectivity index (χ0v) is 58.3. The molecule has 84 heavy (non-hydrogen) atoms. The van der Waals surface area contributed by atoms with E-state index in [0.717, 1.165) is 38.5 Å². The number of amides is 1. The lowest BCUT2D eigenvalue weighted by molar-refractivity contribution is -0.870. The van der Waals surface area contributed by atoms with Gasteiger partial charge < -0.3 is 19.8 Å². The number of carbonyl (C=O) groups is 1. The molecule has 3 unspecified atom stereocenters. The van der Waals surface area contributed by atoms with Gasteiger partial charge in [0.25, 0.3) is 0 Å². The summed E-state index contributed by atoms with van der Waals surface area (Å²) in [6, 6.07) is -0.862. The molecular formula is C75H150N2O6P+. The molecule has 0 spiro atoms. The molecule has 0 saturated heterocycles. The van der Waals surface area contributed by atoms with E-state index in [1.807, 2.05) is 27.2 Å². The largest absolute Gasteiger partial charge is 0.472 e. The maximum absolute atomic E-state index is 13.1. The number of unbranched alkanes of at least 4 members (excludes halogenated alkanes) is 56. The standard InChI is InChI=1S/C75H149N2O6P/c1-6-8-10-12-14-16-18-20-22-24-26-28-30-32-34-36-37-38-39-41-43-45-47-49-51-53-55-57-59-61-63-65-67-69-75(79)76-73(72-83-84(80,81)82-71-70-77(3,4)5)74(78)68-66-64-62-60-58-56-54-52-50-48-46-44-42-40-35-33-31-29-27-25-23-21-19-17-15-13-11-9-7-2/h58,60,66,68,73-74,78H,6-57,59,61-65,67,69-72H2,1-5H3,(H-,76,79,80,81)/p+1/b60-58+,68-66+. The number of phosphoric acid groups is 1. The van der Waals surface area contributed by atoms with Gasteiger partial charge in [0.15, 0.2) is 0 Å². The summed E-state index contributed by atoms with van der Waals surface area (Å²) in [5.74, 6) is -0.177. The number of allylic oxidation sites excluding steroid dienone is 3. The predicted octanol–water partition coefficient (Wildman–Crippen LogP) is 24.2. The number of phosphoric ester groups is 1. The van der Waals surface area contributed by atoms with Gasteiger partial charge in [-0.2, -0.15) is 0 Å². The van der Waals surface area contributed by atoms with Gasteiger partial charge in [-0.25, -0.2) is 4.57 Å². The molecule has 1 amide bonds. The predicted molar refractivity (Wildman–Crippen MR) is 369 cm³/mol. The number of aliphatic hydroxyl groups excluding tert-OH is 1. The molecule has 3 atom stereocenters. The van der Waals surface area contributed by atoms with Crippen LogP contribution in [0.15, 0.2) is 24.3 Å². The van der Waals surface area contributed by atoms with Crippen LogP contribution in [0.2, 0.25) is 0 Å². The first kappa shape index (κ1) is 83.0. The Morgan fingerprint density at radius 3 is 0.952 bits per heavy atom. The molecule has 0 bridgehead atoms. The van der Waals surface area contributed by atoms with Crippen LogP contribution in [-0.4, -0.2) is 73.4 Å². The number of likely N-dealkylation sites (N-methyl/N-ethyl adjacent to an activating group) is 1. The lowest BCUT2D eigenvalue weighted by Crippen LogP contribution is -2.45. The van der Waals surface area contributed by atoms with Crippen LogP contribution in [-0.2, 0) is 18.4 Å². The third-order valence-electron chi connectivity index (χ3n) is 17.7. The molecule has 8 nitrogen and oxygen atoms in total. The highest BCUT2D eigenvalue weighted by Gasteiger charge is 2.28. The molecule has 0 aliphatic heterocycles. The van der Waals surface area contributed by atoms with Gasteiger partial charge in [0.2, 0.25) is 5.91 Å². The Balaban J connectivity index is 4.01. The number of nitrogens with zero attached hydrogens (tertiary/aromatic N) is 1. The lowest BCUT2D eigenvalue weighted by Gasteiger charge is -2.25. The summed E-state index contributed by atoms with van der Waals surface area (Å²) in [5.41, 5.74) is 0. The quantitative estimate of drug-likeness (QED) is 0.0243. The summed E-state index contributed by atoms with van der Waals surface area (Å²) in [6.45, 7) is 4.87. The van der Waals surface area contributed by atoms with E-state index in [1.54, 1.807) is 6.08 Å². The van der Waals surface area contributed by atoms with Crippen LogP contribution in [0.3, 0.4) is 0 Å². The first-order valence-corrected chi connectivity index (χ1v) is 39.2. The van der Waals surface area contributed by atoms with Gasteiger partial charge in [-0.3, -0.25) is 13.8 Å². The Kier molecular flexibility index (Phi) is 65.6. The van der Waals surface area contributed by atoms with E-state index in [9.17, 15) is 19.4 Å². The van der Waals surface area contributed by atoms with Gasteiger partial charge in [-0.15, -0.1) is 0 Å². The fourth-order valence-corrected chi connectivity index (χ4v) is 12.6. The van der Waals surface area contributed by atoms with Crippen LogP contribution in [0.5, 0.6) is 0 Å². The van der Waals surface area contributed by atoms with Gasteiger partial charge in [-0.05, 0) is 32.1 Å².